The summed E-state index contributed by atoms with van der Waals surface area (Å²) >= 11 is 0. The van der Waals surface area contributed by atoms with Gasteiger partial charge in [-0.3, -0.25) is 0 Å². The Hall–Kier alpha value is -2.75. The van der Waals surface area contributed by atoms with Gasteiger partial charge in [-0.2, -0.15) is 0 Å². The summed E-state index contributed by atoms with van der Waals surface area (Å²) in [6.45, 7) is 0.284. The van der Waals surface area contributed by atoms with E-state index in [2.05, 4.69) is 0 Å². The van der Waals surface area contributed by atoms with Gasteiger partial charge in [-0.05, 0) is 29.8 Å². The molecule has 0 amide bonds. The summed E-state index contributed by atoms with van der Waals surface area (Å²) in [5.74, 6) is 0.875. The van der Waals surface area contributed by atoms with Crippen LogP contribution < -0.4 is 19.3 Å². The van der Waals surface area contributed by atoms with Crippen molar-refractivity contribution in [3.05, 3.63) is 84.4 Å². The van der Waals surface area contributed by atoms with Crippen LogP contribution in [-0.4, -0.2) is 12.0 Å². The second-order valence-corrected chi connectivity index (χ2v) is 7.21. The van der Waals surface area contributed by atoms with E-state index in [4.69, 9.17) is 14.0 Å². The maximum Gasteiger partial charge on any atom is 0.412 e. The molecule has 3 rings (SSSR count). The number of hydrogen-bond acceptors (Lipinski definition) is 4. The zero-order chi connectivity index (χ0) is 18.4. The first-order chi connectivity index (χ1) is 12.6. The van der Waals surface area contributed by atoms with E-state index in [9.17, 15) is 9.46 Å². The highest BCUT2D eigenvalue weighted by atomic mass is 31.2. The molecular weight excluding hydrogens is 351 g/mol. The third-order valence-corrected chi connectivity index (χ3v) is 5.12. The van der Waals surface area contributed by atoms with Crippen molar-refractivity contribution in [2.75, 3.05) is 7.11 Å². The minimum atomic E-state index is -4.17. The first-order valence-corrected chi connectivity index (χ1v) is 9.59. The molecule has 0 aliphatic rings. The van der Waals surface area contributed by atoms with Gasteiger partial charge in [0.2, 0.25) is 0 Å². The molecule has 0 heterocycles. The molecule has 0 bridgehead atoms. The van der Waals surface area contributed by atoms with E-state index in [1.54, 1.807) is 42.5 Å². The lowest BCUT2D eigenvalue weighted by Gasteiger charge is -2.18. The second-order valence-electron chi connectivity index (χ2n) is 5.50. The van der Waals surface area contributed by atoms with Gasteiger partial charge >= 0.3 is 7.60 Å². The van der Waals surface area contributed by atoms with Crippen molar-refractivity contribution in [1.29, 1.82) is 0 Å². The monoisotopic (exact) mass is 370 g/mol. The van der Waals surface area contributed by atoms with E-state index in [1.807, 2.05) is 30.3 Å². The quantitative estimate of drug-likeness (QED) is 0.633. The predicted octanol–water partition coefficient (Wildman–Crippen LogP) is 4.16. The molecule has 0 aromatic heterocycles. The first-order valence-electron chi connectivity index (χ1n) is 8.02. The van der Waals surface area contributed by atoms with Gasteiger partial charge in [-0.25, -0.2) is 4.57 Å². The van der Waals surface area contributed by atoms with Gasteiger partial charge in [0.05, 0.1) is 7.11 Å². The molecule has 0 radical (unpaired) electrons. The highest BCUT2D eigenvalue weighted by Gasteiger charge is 2.29. The third kappa shape index (κ3) is 4.26. The lowest BCUT2D eigenvalue weighted by Crippen LogP contribution is -2.13. The molecule has 134 valence electrons. The van der Waals surface area contributed by atoms with Gasteiger partial charge in [0.25, 0.3) is 0 Å². The average Bonchev–Trinajstić information content (AvgIpc) is 2.67. The van der Waals surface area contributed by atoms with Crippen molar-refractivity contribution in [3.63, 3.8) is 0 Å². The zero-order valence-electron chi connectivity index (χ0n) is 14.2. The molecule has 1 N–H and O–H groups in total. The van der Waals surface area contributed by atoms with Crippen LogP contribution in [0.25, 0.3) is 0 Å². The van der Waals surface area contributed by atoms with Crippen molar-refractivity contribution in [3.8, 4) is 17.2 Å². The SMILES string of the molecule is COc1ccccc1OP(=O)(O)c1ccccc1OCc1ccccc1. The molecule has 3 aromatic rings. The summed E-state index contributed by atoms with van der Waals surface area (Å²) in [5.41, 5.74) is 0.959. The Morgan fingerprint density at radius 3 is 2.08 bits per heavy atom. The van der Waals surface area contributed by atoms with Crippen molar-refractivity contribution in [1.82, 2.24) is 0 Å². The molecule has 0 aliphatic carbocycles. The Kier molecular flexibility index (Phi) is 5.61. The second kappa shape index (κ2) is 8.09. The van der Waals surface area contributed by atoms with Gasteiger partial charge < -0.3 is 18.9 Å². The minimum Gasteiger partial charge on any atom is -0.493 e. The van der Waals surface area contributed by atoms with Crippen LogP contribution in [0.2, 0.25) is 0 Å². The van der Waals surface area contributed by atoms with E-state index in [-0.39, 0.29) is 17.7 Å². The van der Waals surface area contributed by atoms with Gasteiger partial charge in [-0.1, -0.05) is 54.6 Å². The standard InChI is InChI=1S/C20H19O5P/c1-23-17-11-5-6-12-18(17)25-26(21,22)20-14-8-7-13-19(20)24-15-16-9-3-2-4-10-16/h2-14H,15H2,1H3,(H,21,22). The molecule has 0 fully saturated rings. The van der Waals surface area contributed by atoms with Gasteiger partial charge in [0.15, 0.2) is 11.5 Å². The van der Waals surface area contributed by atoms with Crippen molar-refractivity contribution in [2.24, 2.45) is 0 Å². The Balaban J connectivity index is 1.84. The highest BCUT2D eigenvalue weighted by Crippen LogP contribution is 2.46. The summed E-state index contributed by atoms with van der Waals surface area (Å²) < 4.78 is 29.2. The fourth-order valence-electron chi connectivity index (χ4n) is 2.42. The fourth-order valence-corrected chi connectivity index (χ4v) is 3.63. The van der Waals surface area contributed by atoms with E-state index in [0.717, 1.165) is 5.56 Å². The average molecular weight is 370 g/mol. The van der Waals surface area contributed by atoms with E-state index >= 15 is 0 Å². The number of rotatable bonds is 7. The summed E-state index contributed by atoms with van der Waals surface area (Å²) in [5, 5.41) is 0.0989. The van der Waals surface area contributed by atoms with Gasteiger partial charge in [0.1, 0.15) is 17.7 Å². The number of hydrogen-bond donors (Lipinski definition) is 1. The number of ether oxygens (including phenoxy) is 2. The predicted molar refractivity (Wildman–Crippen MR) is 100 cm³/mol. The van der Waals surface area contributed by atoms with E-state index < -0.39 is 7.60 Å². The maximum absolute atomic E-state index is 12.9. The summed E-state index contributed by atoms with van der Waals surface area (Å²) in [6, 6.07) is 22.9. The molecule has 6 heteroatoms. The van der Waals surface area contributed by atoms with Crippen LogP contribution in [0.4, 0.5) is 0 Å². The van der Waals surface area contributed by atoms with E-state index in [0.29, 0.717) is 11.5 Å². The molecule has 5 nitrogen and oxygen atoms in total. The molecule has 0 aliphatic heterocycles. The van der Waals surface area contributed by atoms with Crippen LogP contribution in [0.1, 0.15) is 5.56 Å². The van der Waals surface area contributed by atoms with E-state index in [1.165, 1.54) is 13.2 Å². The highest BCUT2D eigenvalue weighted by molar-refractivity contribution is 7.61. The van der Waals surface area contributed by atoms with Crippen LogP contribution in [0.3, 0.4) is 0 Å². The van der Waals surface area contributed by atoms with Crippen LogP contribution >= 0.6 is 7.60 Å². The van der Waals surface area contributed by atoms with Crippen molar-refractivity contribution in [2.45, 2.75) is 6.61 Å². The number of benzene rings is 3. The van der Waals surface area contributed by atoms with Gasteiger partial charge in [-0.15, -0.1) is 0 Å². The molecule has 26 heavy (non-hydrogen) atoms. The fraction of sp³-hybridized carbons (Fsp3) is 0.100. The Morgan fingerprint density at radius 2 is 1.38 bits per heavy atom. The smallest absolute Gasteiger partial charge is 0.412 e. The summed E-state index contributed by atoms with van der Waals surface area (Å²) in [4.78, 5) is 10.5. The van der Waals surface area contributed by atoms with Crippen molar-refractivity contribution < 1.29 is 23.5 Å². The molecule has 0 saturated carbocycles. The molecule has 1 unspecified atom stereocenters. The summed E-state index contributed by atoms with van der Waals surface area (Å²) in [6.07, 6.45) is 0. The Labute approximate surface area is 152 Å². The van der Waals surface area contributed by atoms with Crippen LogP contribution in [0.15, 0.2) is 78.9 Å². The molecular formula is C20H19O5P. The normalized spacial score (nSPS) is 12.8. The Bertz CT molecular complexity index is 911. The summed E-state index contributed by atoms with van der Waals surface area (Å²) in [7, 11) is -2.70. The number of para-hydroxylation sites is 3. The first kappa shape index (κ1) is 18.1. The zero-order valence-corrected chi connectivity index (χ0v) is 15.1. The molecule has 1 atom stereocenters. The Morgan fingerprint density at radius 1 is 0.808 bits per heavy atom. The molecule has 3 aromatic carbocycles. The van der Waals surface area contributed by atoms with Crippen LogP contribution in [-0.2, 0) is 11.2 Å². The van der Waals surface area contributed by atoms with Crippen LogP contribution in [0.5, 0.6) is 17.2 Å². The minimum absolute atomic E-state index is 0.0989. The molecule has 0 saturated heterocycles. The number of methoxy groups -OCH3 is 1. The van der Waals surface area contributed by atoms with Gasteiger partial charge in [0, 0.05) is 0 Å². The van der Waals surface area contributed by atoms with Crippen molar-refractivity contribution >= 4 is 12.9 Å². The topological polar surface area (TPSA) is 65.0 Å². The maximum atomic E-state index is 12.9. The molecule has 0 spiro atoms. The lowest BCUT2D eigenvalue weighted by molar-refractivity contribution is 0.306. The lowest BCUT2D eigenvalue weighted by atomic mass is 10.2. The largest absolute Gasteiger partial charge is 0.493 e. The van der Waals surface area contributed by atoms with Crippen LogP contribution in [0, 0.1) is 0 Å². The third-order valence-electron chi connectivity index (χ3n) is 3.70.